The summed E-state index contributed by atoms with van der Waals surface area (Å²) in [5.74, 6) is -0.0949. The highest BCUT2D eigenvalue weighted by atomic mass is 16.1. The summed E-state index contributed by atoms with van der Waals surface area (Å²) in [4.78, 5) is 20.0. The topological polar surface area (TPSA) is 80.9 Å². The summed E-state index contributed by atoms with van der Waals surface area (Å²) in [7, 11) is 0. The second kappa shape index (κ2) is 4.78. The van der Waals surface area contributed by atoms with E-state index in [2.05, 4.69) is 15.3 Å². The van der Waals surface area contributed by atoms with E-state index in [9.17, 15) is 4.79 Å². The van der Waals surface area contributed by atoms with Crippen LogP contribution in [0, 0.1) is 0 Å². The van der Waals surface area contributed by atoms with Crippen molar-refractivity contribution in [2.75, 3.05) is 12.3 Å². The minimum Gasteiger partial charge on any atom is -0.368 e. The summed E-state index contributed by atoms with van der Waals surface area (Å²) < 4.78 is 0. The van der Waals surface area contributed by atoms with Crippen molar-refractivity contribution in [3.8, 4) is 0 Å². The number of nitrogens with two attached hydrogens (primary N) is 1. The summed E-state index contributed by atoms with van der Waals surface area (Å²) in [5.41, 5.74) is 6.61. The summed E-state index contributed by atoms with van der Waals surface area (Å²) >= 11 is 0. The van der Waals surface area contributed by atoms with Crippen molar-refractivity contribution in [2.45, 2.75) is 13.3 Å². The molecule has 0 bridgehead atoms. The maximum Gasteiger partial charge on any atom is 0.270 e. The molecule has 0 atom stereocenters. The Labute approximate surface area is 99.1 Å². The van der Waals surface area contributed by atoms with Gasteiger partial charge in [-0.1, -0.05) is 25.1 Å². The highest BCUT2D eigenvalue weighted by molar-refractivity contribution is 6.04. The van der Waals surface area contributed by atoms with Gasteiger partial charge < -0.3 is 11.1 Å². The normalized spacial score (nSPS) is 10.4. The van der Waals surface area contributed by atoms with Crippen molar-refractivity contribution in [2.24, 2.45) is 0 Å². The smallest absolute Gasteiger partial charge is 0.270 e. The average molecular weight is 230 g/mol. The van der Waals surface area contributed by atoms with Gasteiger partial charge in [-0.05, 0) is 12.5 Å². The second-order valence-corrected chi connectivity index (χ2v) is 3.70. The van der Waals surface area contributed by atoms with Gasteiger partial charge in [0.05, 0.1) is 5.52 Å². The molecule has 0 saturated heterocycles. The van der Waals surface area contributed by atoms with Crippen molar-refractivity contribution in [1.29, 1.82) is 0 Å². The first-order chi connectivity index (χ1) is 8.22. The molecule has 0 saturated carbocycles. The molecule has 0 aliphatic rings. The molecule has 0 aliphatic heterocycles. The van der Waals surface area contributed by atoms with Crippen LogP contribution in [0.5, 0.6) is 0 Å². The third-order valence-corrected chi connectivity index (χ3v) is 2.37. The zero-order valence-electron chi connectivity index (χ0n) is 9.60. The number of hydrogen-bond acceptors (Lipinski definition) is 4. The standard InChI is InChI=1S/C12H14N4O/c1-2-7-14-11(17)10-8-5-3-4-6-9(8)15-12(13)16-10/h3-6H,2,7H2,1H3,(H,14,17)(H2,13,15,16). The van der Waals surface area contributed by atoms with Gasteiger partial charge in [0.1, 0.15) is 5.69 Å². The molecule has 0 spiro atoms. The molecule has 5 nitrogen and oxygen atoms in total. The quantitative estimate of drug-likeness (QED) is 0.834. The van der Waals surface area contributed by atoms with Gasteiger partial charge in [-0.3, -0.25) is 4.79 Å². The summed E-state index contributed by atoms with van der Waals surface area (Å²) in [6, 6.07) is 7.32. The van der Waals surface area contributed by atoms with E-state index in [0.29, 0.717) is 17.8 Å². The van der Waals surface area contributed by atoms with Crippen molar-refractivity contribution in [3.05, 3.63) is 30.0 Å². The lowest BCUT2D eigenvalue weighted by molar-refractivity contribution is 0.0950. The van der Waals surface area contributed by atoms with E-state index in [1.165, 1.54) is 0 Å². The lowest BCUT2D eigenvalue weighted by atomic mass is 10.2. The van der Waals surface area contributed by atoms with Crippen LogP contribution in [-0.2, 0) is 0 Å². The third kappa shape index (κ3) is 2.33. The number of anilines is 1. The van der Waals surface area contributed by atoms with Crippen LogP contribution in [0.2, 0.25) is 0 Å². The Balaban J connectivity index is 2.48. The van der Waals surface area contributed by atoms with E-state index in [1.807, 2.05) is 31.2 Å². The zero-order chi connectivity index (χ0) is 12.3. The van der Waals surface area contributed by atoms with E-state index in [1.54, 1.807) is 0 Å². The summed E-state index contributed by atoms with van der Waals surface area (Å²) in [6.07, 6.45) is 0.879. The molecule has 0 radical (unpaired) electrons. The van der Waals surface area contributed by atoms with Crippen molar-refractivity contribution in [1.82, 2.24) is 15.3 Å². The van der Waals surface area contributed by atoms with Gasteiger partial charge in [0.15, 0.2) is 0 Å². The van der Waals surface area contributed by atoms with Crippen LogP contribution in [0.4, 0.5) is 5.95 Å². The number of benzene rings is 1. The van der Waals surface area contributed by atoms with Gasteiger partial charge in [0.25, 0.3) is 5.91 Å². The van der Waals surface area contributed by atoms with E-state index in [4.69, 9.17) is 5.73 Å². The van der Waals surface area contributed by atoms with Crippen LogP contribution < -0.4 is 11.1 Å². The zero-order valence-corrected chi connectivity index (χ0v) is 9.60. The fourth-order valence-electron chi connectivity index (χ4n) is 1.59. The number of nitrogens with one attached hydrogen (secondary N) is 1. The molecule has 2 rings (SSSR count). The molecule has 0 unspecified atom stereocenters. The molecule has 0 aliphatic carbocycles. The predicted molar refractivity (Wildman–Crippen MR) is 66.6 cm³/mol. The molecular formula is C12H14N4O. The minimum atomic E-state index is -0.211. The molecule has 2 aromatic rings. The predicted octanol–water partition coefficient (Wildman–Crippen LogP) is 1.35. The number of fused-ring (bicyclic) bond motifs is 1. The molecule has 1 aromatic carbocycles. The fraction of sp³-hybridized carbons (Fsp3) is 0.250. The average Bonchev–Trinajstić information content (AvgIpc) is 2.34. The molecule has 1 heterocycles. The van der Waals surface area contributed by atoms with E-state index in [0.717, 1.165) is 11.8 Å². The van der Waals surface area contributed by atoms with Crippen LogP contribution in [0.3, 0.4) is 0 Å². The van der Waals surface area contributed by atoms with E-state index >= 15 is 0 Å². The number of aromatic nitrogens is 2. The highest BCUT2D eigenvalue weighted by Gasteiger charge is 2.12. The van der Waals surface area contributed by atoms with Crippen LogP contribution in [0.1, 0.15) is 23.8 Å². The molecule has 1 aromatic heterocycles. The van der Waals surface area contributed by atoms with Gasteiger partial charge >= 0.3 is 0 Å². The maximum absolute atomic E-state index is 11.9. The van der Waals surface area contributed by atoms with Crippen molar-refractivity contribution in [3.63, 3.8) is 0 Å². The Kier molecular flexibility index (Phi) is 3.18. The molecule has 0 fully saturated rings. The lowest BCUT2D eigenvalue weighted by Crippen LogP contribution is -2.25. The molecule has 1 amide bonds. The molecule has 5 heteroatoms. The monoisotopic (exact) mass is 230 g/mol. The number of nitrogens with zero attached hydrogens (tertiary/aromatic N) is 2. The van der Waals surface area contributed by atoms with E-state index < -0.39 is 0 Å². The fourth-order valence-corrected chi connectivity index (χ4v) is 1.59. The first-order valence-corrected chi connectivity index (χ1v) is 5.53. The van der Waals surface area contributed by atoms with Crippen LogP contribution in [0.25, 0.3) is 10.9 Å². The van der Waals surface area contributed by atoms with Crippen LogP contribution in [-0.4, -0.2) is 22.4 Å². The third-order valence-electron chi connectivity index (χ3n) is 2.37. The van der Waals surface area contributed by atoms with Crippen molar-refractivity contribution >= 4 is 22.8 Å². The van der Waals surface area contributed by atoms with Gasteiger partial charge in [-0.25, -0.2) is 9.97 Å². The second-order valence-electron chi connectivity index (χ2n) is 3.70. The Morgan fingerprint density at radius 1 is 1.35 bits per heavy atom. The number of rotatable bonds is 3. The first kappa shape index (κ1) is 11.3. The molecular weight excluding hydrogens is 216 g/mol. The number of nitrogen functional groups attached to an aromatic ring is 1. The SMILES string of the molecule is CCCNC(=O)c1nc(N)nc2ccccc12. The van der Waals surface area contributed by atoms with Gasteiger partial charge in [-0.15, -0.1) is 0 Å². The van der Waals surface area contributed by atoms with Gasteiger partial charge in [-0.2, -0.15) is 0 Å². The number of para-hydroxylation sites is 1. The van der Waals surface area contributed by atoms with E-state index in [-0.39, 0.29) is 11.9 Å². The summed E-state index contributed by atoms with van der Waals surface area (Å²) in [6.45, 7) is 2.61. The Morgan fingerprint density at radius 2 is 2.12 bits per heavy atom. The highest BCUT2D eigenvalue weighted by Crippen LogP contribution is 2.16. The Bertz CT molecular complexity index is 553. The number of carbonyl (C=O) groups excluding carboxylic acids is 1. The number of hydrogen-bond donors (Lipinski definition) is 2. The van der Waals surface area contributed by atoms with Crippen LogP contribution >= 0.6 is 0 Å². The first-order valence-electron chi connectivity index (χ1n) is 5.53. The molecule has 17 heavy (non-hydrogen) atoms. The lowest BCUT2D eigenvalue weighted by Gasteiger charge is -2.06. The Hall–Kier alpha value is -2.17. The number of carbonyl (C=O) groups is 1. The summed E-state index contributed by atoms with van der Waals surface area (Å²) in [5, 5.41) is 3.50. The largest absolute Gasteiger partial charge is 0.368 e. The molecule has 88 valence electrons. The number of amides is 1. The van der Waals surface area contributed by atoms with Gasteiger partial charge in [0, 0.05) is 11.9 Å². The van der Waals surface area contributed by atoms with Crippen molar-refractivity contribution < 1.29 is 4.79 Å². The maximum atomic E-state index is 11.9. The molecule has 3 N–H and O–H groups in total. The minimum absolute atomic E-state index is 0.116. The van der Waals surface area contributed by atoms with Gasteiger partial charge in [0.2, 0.25) is 5.95 Å². The van der Waals surface area contributed by atoms with Crippen LogP contribution in [0.15, 0.2) is 24.3 Å². The Morgan fingerprint density at radius 3 is 2.88 bits per heavy atom.